The summed E-state index contributed by atoms with van der Waals surface area (Å²) in [6.07, 6.45) is 0.760. The summed E-state index contributed by atoms with van der Waals surface area (Å²) in [4.78, 5) is 2.22. The Balaban J connectivity index is 2.19. The maximum atomic E-state index is 11.4. The van der Waals surface area contributed by atoms with Crippen molar-refractivity contribution in [1.29, 1.82) is 0 Å². The fourth-order valence-corrected chi connectivity index (χ4v) is 3.30. The lowest BCUT2D eigenvalue weighted by Crippen LogP contribution is -2.38. The topological polar surface area (TPSA) is 58.6 Å². The molecule has 0 amide bonds. The van der Waals surface area contributed by atoms with Crippen molar-refractivity contribution < 1.29 is 13.2 Å². The highest BCUT2D eigenvalue weighted by Gasteiger charge is 2.18. The number of nitrogens with zero attached hydrogens (tertiary/aromatic N) is 1. The molecule has 102 valence electrons. The van der Waals surface area contributed by atoms with Crippen LogP contribution >= 0.6 is 0 Å². The van der Waals surface area contributed by atoms with E-state index in [2.05, 4.69) is 17.1 Å². The fourth-order valence-electron chi connectivity index (χ4n) is 1.99. The van der Waals surface area contributed by atoms with Gasteiger partial charge in [-0.3, -0.25) is 0 Å². The third-order valence-corrected chi connectivity index (χ3v) is 4.70. The van der Waals surface area contributed by atoms with Gasteiger partial charge in [-0.2, -0.15) is 0 Å². The van der Waals surface area contributed by atoms with Crippen LogP contribution in [0.3, 0.4) is 0 Å². The molecule has 1 rings (SSSR count). The summed E-state index contributed by atoms with van der Waals surface area (Å²) in [5.41, 5.74) is 0. The van der Waals surface area contributed by atoms with E-state index < -0.39 is 9.84 Å². The second kappa shape index (κ2) is 7.31. The SMILES string of the molecule is COCC(C)NCCN1CCCS(=O)(=O)CC1. The number of rotatable bonds is 6. The Hall–Kier alpha value is -0.170. The highest BCUT2D eigenvalue weighted by molar-refractivity contribution is 7.91. The first kappa shape index (κ1) is 14.9. The molecular weight excluding hydrogens is 240 g/mol. The zero-order chi connectivity index (χ0) is 12.7. The van der Waals surface area contributed by atoms with Crippen LogP contribution in [0.1, 0.15) is 13.3 Å². The first-order chi connectivity index (χ1) is 8.03. The van der Waals surface area contributed by atoms with Gasteiger partial charge >= 0.3 is 0 Å². The average Bonchev–Trinajstić information content (AvgIpc) is 2.41. The second-order valence-corrected chi connectivity index (χ2v) is 6.96. The maximum Gasteiger partial charge on any atom is 0.151 e. The van der Waals surface area contributed by atoms with Crippen molar-refractivity contribution in [2.45, 2.75) is 19.4 Å². The van der Waals surface area contributed by atoms with E-state index in [0.717, 1.165) is 26.1 Å². The maximum absolute atomic E-state index is 11.4. The van der Waals surface area contributed by atoms with Crippen LogP contribution in [0.4, 0.5) is 0 Å². The van der Waals surface area contributed by atoms with Crippen molar-refractivity contribution in [2.75, 3.05) is 51.4 Å². The minimum absolute atomic E-state index is 0.306. The molecule has 1 saturated heterocycles. The number of hydrogen-bond acceptors (Lipinski definition) is 5. The molecule has 0 bridgehead atoms. The van der Waals surface area contributed by atoms with E-state index in [4.69, 9.17) is 4.74 Å². The van der Waals surface area contributed by atoms with Crippen LogP contribution in [-0.2, 0) is 14.6 Å². The van der Waals surface area contributed by atoms with Gasteiger partial charge in [-0.15, -0.1) is 0 Å². The lowest BCUT2D eigenvalue weighted by Gasteiger charge is -2.20. The Kier molecular flexibility index (Phi) is 6.40. The third kappa shape index (κ3) is 6.35. The largest absolute Gasteiger partial charge is 0.383 e. The molecule has 17 heavy (non-hydrogen) atoms. The Morgan fingerprint density at radius 2 is 2.12 bits per heavy atom. The van der Waals surface area contributed by atoms with Gasteiger partial charge in [0.25, 0.3) is 0 Å². The van der Waals surface area contributed by atoms with Gasteiger partial charge in [0.15, 0.2) is 9.84 Å². The van der Waals surface area contributed by atoms with Gasteiger partial charge in [0, 0.05) is 32.8 Å². The van der Waals surface area contributed by atoms with Crippen molar-refractivity contribution >= 4 is 9.84 Å². The molecule has 0 aromatic heterocycles. The molecule has 5 nitrogen and oxygen atoms in total. The molecule has 1 atom stereocenters. The summed E-state index contributed by atoms with van der Waals surface area (Å²) in [5, 5.41) is 3.36. The summed E-state index contributed by atoms with van der Waals surface area (Å²) in [6, 6.07) is 0.343. The van der Waals surface area contributed by atoms with Gasteiger partial charge in [-0.05, 0) is 19.9 Å². The summed E-state index contributed by atoms with van der Waals surface area (Å²) < 4.78 is 27.9. The second-order valence-electron chi connectivity index (χ2n) is 4.66. The number of ether oxygens (including phenoxy) is 1. The molecule has 1 unspecified atom stereocenters. The molecule has 1 aliphatic rings. The Morgan fingerprint density at radius 1 is 1.35 bits per heavy atom. The molecule has 1 N–H and O–H groups in total. The van der Waals surface area contributed by atoms with Crippen LogP contribution in [0.5, 0.6) is 0 Å². The predicted octanol–water partition coefficient (Wildman–Crippen LogP) is -0.269. The van der Waals surface area contributed by atoms with Crippen LogP contribution in [0.2, 0.25) is 0 Å². The van der Waals surface area contributed by atoms with Gasteiger partial charge in [0.1, 0.15) is 0 Å². The Labute approximate surface area is 104 Å². The highest BCUT2D eigenvalue weighted by Crippen LogP contribution is 2.04. The summed E-state index contributed by atoms with van der Waals surface area (Å²) in [7, 11) is -1.09. The van der Waals surface area contributed by atoms with Crippen molar-refractivity contribution in [3.8, 4) is 0 Å². The molecule has 0 aromatic rings. The predicted molar refractivity (Wildman–Crippen MR) is 69.1 cm³/mol. The molecule has 0 saturated carbocycles. The van der Waals surface area contributed by atoms with E-state index in [1.54, 1.807) is 7.11 Å². The van der Waals surface area contributed by atoms with E-state index in [0.29, 0.717) is 30.7 Å². The van der Waals surface area contributed by atoms with Crippen LogP contribution in [0.25, 0.3) is 0 Å². The van der Waals surface area contributed by atoms with Crippen molar-refractivity contribution in [3.63, 3.8) is 0 Å². The fraction of sp³-hybridized carbons (Fsp3) is 1.00. The standard InChI is InChI=1S/C11H24N2O3S/c1-11(10-16-2)12-4-6-13-5-3-8-17(14,15)9-7-13/h11-12H,3-10H2,1-2H3. The number of sulfone groups is 1. The van der Waals surface area contributed by atoms with Crippen LogP contribution in [0, 0.1) is 0 Å². The van der Waals surface area contributed by atoms with E-state index in [9.17, 15) is 8.42 Å². The number of hydrogen-bond donors (Lipinski definition) is 1. The number of methoxy groups -OCH3 is 1. The van der Waals surface area contributed by atoms with E-state index >= 15 is 0 Å². The van der Waals surface area contributed by atoms with Gasteiger partial charge in [-0.25, -0.2) is 8.42 Å². The molecule has 1 heterocycles. The smallest absolute Gasteiger partial charge is 0.151 e. The molecule has 0 aliphatic carbocycles. The van der Waals surface area contributed by atoms with E-state index in [1.165, 1.54) is 0 Å². The van der Waals surface area contributed by atoms with E-state index in [-0.39, 0.29) is 0 Å². The molecule has 1 fully saturated rings. The van der Waals surface area contributed by atoms with Crippen molar-refractivity contribution in [3.05, 3.63) is 0 Å². The van der Waals surface area contributed by atoms with Gasteiger partial charge in [0.05, 0.1) is 18.1 Å². The quantitative estimate of drug-likeness (QED) is 0.716. The summed E-state index contributed by atoms with van der Waals surface area (Å²) in [6.45, 7) is 6.13. The minimum atomic E-state index is -2.78. The van der Waals surface area contributed by atoms with Crippen molar-refractivity contribution in [1.82, 2.24) is 10.2 Å². The molecule has 0 aromatic carbocycles. The first-order valence-electron chi connectivity index (χ1n) is 6.18. The first-order valence-corrected chi connectivity index (χ1v) is 8.01. The van der Waals surface area contributed by atoms with Crippen LogP contribution in [-0.4, -0.2) is 70.8 Å². The lowest BCUT2D eigenvalue weighted by molar-refractivity contribution is 0.169. The molecule has 6 heteroatoms. The Bertz CT molecular complexity index is 306. The minimum Gasteiger partial charge on any atom is -0.383 e. The van der Waals surface area contributed by atoms with Gasteiger partial charge in [0.2, 0.25) is 0 Å². The Morgan fingerprint density at radius 3 is 2.82 bits per heavy atom. The molecule has 0 radical (unpaired) electrons. The lowest BCUT2D eigenvalue weighted by atomic mass is 10.3. The van der Waals surface area contributed by atoms with Crippen LogP contribution < -0.4 is 5.32 Å². The average molecular weight is 264 g/mol. The van der Waals surface area contributed by atoms with Gasteiger partial charge in [-0.1, -0.05) is 0 Å². The molecular formula is C11H24N2O3S. The van der Waals surface area contributed by atoms with E-state index in [1.807, 2.05) is 0 Å². The molecule has 1 aliphatic heterocycles. The molecule has 0 spiro atoms. The zero-order valence-electron chi connectivity index (χ0n) is 10.8. The monoisotopic (exact) mass is 264 g/mol. The van der Waals surface area contributed by atoms with Gasteiger partial charge < -0.3 is 15.0 Å². The third-order valence-electron chi connectivity index (χ3n) is 2.99. The zero-order valence-corrected chi connectivity index (χ0v) is 11.6. The highest BCUT2D eigenvalue weighted by atomic mass is 32.2. The summed E-state index contributed by atoms with van der Waals surface area (Å²) >= 11 is 0. The van der Waals surface area contributed by atoms with Crippen LogP contribution in [0.15, 0.2) is 0 Å². The summed E-state index contributed by atoms with van der Waals surface area (Å²) in [5.74, 6) is 0.650. The number of nitrogens with one attached hydrogen (secondary N) is 1. The van der Waals surface area contributed by atoms with Crippen molar-refractivity contribution in [2.24, 2.45) is 0 Å². The normalized spacial score (nSPS) is 23.2.